The maximum atomic E-state index is 4.73. The lowest BCUT2D eigenvalue weighted by atomic mass is 10.9. The second-order valence-electron chi connectivity index (χ2n) is 0.338. The Kier molecular flexibility index (Phi) is 16.4. The highest BCUT2D eigenvalue weighted by Crippen LogP contribution is 1.68. The summed E-state index contributed by atoms with van der Waals surface area (Å²) in [5.41, 5.74) is 0. The first-order valence-corrected chi connectivity index (χ1v) is 2.03. The number of hydrogen-bond acceptors (Lipinski definition) is 0. The summed E-state index contributed by atoms with van der Waals surface area (Å²) in [7, 11) is 0. The molecule has 0 bridgehead atoms. The lowest BCUT2D eigenvalue weighted by Crippen LogP contribution is -1.45. The summed E-state index contributed by atoms with van der Waals surface area (Å²) in [5, 5.41) is 0.660. The highest BCUT2D eigenvalue weighted by molar-refractivity contribution is 9.09. The molecule has 0 radical (unpaired) electrons. The Hall–Kier alpha value is 0.806. The van der Waals surface area contributed by atoms with Crippen LogP contribution in [0.3, 0.4) is 0 Å². The molecule has 0 aromatic carbocycles. The molecule has 0 N–H and O–H groups in total. The molecule has 0 nitrogen and oxygen atoms in total. The molecule has 0 spiro atoms. The van der Waals surface area contributed by atoms with Crippen molar-refractivity contribution in [1.29, 1.82) is 0 Å². The van der Waals surface area contributed by atoms with Crippen LogP contribution in [0, 0.1) is 12.3 Å². The van der Waals surface area contributed by atoms with Gasteiger partial charge in [-0.3, -0.25) is 0 Å². The molecule has 0 heterocycles. The minimum Gasteiger partial charge on any atom is -0.119 e. The summed E-state index contributed by atoms with van der Waals surface area (Å²) in [6.45, 7) is 0. The van der Waals surface area contributed by atoms with Gasteiger partial charge in [0.05, 0.1) is 5.33 Å². The molecule has 26 valence electrons. The first-order chi connectivity index (χ1) is 1.91. The molecule has 0 aliphatic carbocycles. The molecule has 0 aliphatic rings. The Balaban J connectivity index is 0. The summed E-state index contributed by atoms with van der Waals surface area (Å²) in [6.07, 6.45) is 4.73. The van der Waals surface area contributed by atoms with Crippen molar-refractivity contribution in [2.45, 2.75) is 0 Å². The standard InChI is InChI=1S/C3H3Br.Mg.2H/c1-2-3-4;;;/h1H,3H2;;;. The Morgan fingerprint density at radius 1 is 1.80 bits per heavy atom. The van der Waals surface area contributed by atoms with Crippen molar-refractivity contribution in [3.63, 3.8) is 0 Å². The van der Waals surface area contributed by atoms with E-state index >= 15 is 0 Å². The van der Waals surface area contributed by atoms with E-state index in [-0.39, 0.29) is 23.1 Å². The van der Waals surface area contributed by atoms with Gasteiger partial charge in [-0.05, 0) is 0 Å². The van der Waals surface area contributed by atoms with E-state index in [1.54, 1.807) is 0 Å². The smallest absolute Gasteiger partial charge is 0.119 e. The highest BCUT2D eigenvalue weighted by atomic mass is 79.9. The molecule has 0 saturated carbocycles. The second-order valence-corrected chi connectivity index (χ2v) is 0.898. The van der Waals surface area contributed by atoms with E-state index in [0.29, 0.717) is 5.33 Å². The van der Waals surface area contributed by atoms with Crippen molar-refractivity contribution in [3.05, 3.63) is 0 Å². The summed E-state index contributed by atoms with van der Waals surface area (Å²) < 4.78 is 0. The van der Waals surface area contributed by atoms with Crippen LogP contribution >= 0.6 is 15.9 Å². The maximum absolute atomic E-state index is 4.73. The van der Waals surface area contributed by atoms with Gasteiger partial charge in [-0.2, -0.15) is 0 Å². The van der Waals surface area contributed by atoms with Gasteiger partial charge in [0.25, 0.3) is 0 Å². The molecule has 5 heavy (non-hydrogen) atoms. The Morgan fingerprint density at radius 3 is 2.00 bits per heavy atom. The molecule has 0 aromatic rings. The van der Waals surface area contributed by atoms with E-state index < -0.39 is 0 Å². The lowest BCUT2D eigenvalue weighted by Gasteiger charge is -1.50. The molecule has 0 rings (SSSR count). The fourth-order valence-corrected chi connectivity index (χ4v) is 0. The largest absolute Gasteiger partial charge is 0.316 e. The van der Waals surface area contributed by atoms with Gasteiger partial charge in [-0.15, -0.1) is 6.42 Å². The van der Waals surface area contributed by atoms with Gasteiger partial charge in [-0.1, -0.05) is 21.9 Å². The summed E-state index contributed by atoms with van der Waals surface area (Å²) in [5.74, 6) is 2.35. The van der Waals surface area contributed by atoms with Crippen molar-refractivity contribution in [3.8, 4) is 12.3 Å². The quantitative estimate of drug-likeness (QED) is 0.258. The summed E-state index contributed by atoms with van der Waals surface area (Å²) >= 11 is 3.01. The number of alkyl halides is 1. The zero-order valence-corrected chi connectivity index (χ0v) is 3.75. The van der Waals surface area contributed by atoms with Gasteiger partial charge in [0, 0.05) is 0 Å². The Morgan fingerprint density at radius 2 is 2.00 bits per heavy atom. The number of terminal acetylenes is 1. The fourth-order valence-electron chi connectivity index (χ4n) is 0. The fraction of sp³-hybridized carbons (Fsp3) is 0.333. The average Bonchev–Trinajstić information content (AvgIpc) is 1.37. The van der Waals surface area contributed by atoms with Crippen LogP contribution in [0.15, 0.2) is 0 Å². The molecule has 0 saturated heterocycles. The highest BCUT2D eigenvalue weighted by Gasteiger charge is 1.46. The molecule has 0 aliphatic heterocycles. The van der Waals surface area contributed by atoms with E-state index in [0.717, 1.165) is 0 Å². The van der Waals surface area contributed by atoms with Gasteiger partial charge in [-0.25, -0.2) is 0 Å². The summed E-state index contributed by atoms with van der Waals surface area (Å²) in [6, 6.07) is 0. The van der Waals surface area contributed by atoms with Gasteiger partial charge in [0.1, 0.15) is 0 Å². The van der Waals surface area contributed by atoms with Crippen LogP contribution in [-0.2, 0) is 0 Å². The van der Waals surface area contributed by atoms with Crippen molar-refractivity contribution >= 4 is 39.0 Å². The number of halogens is 1. The molecule has 0 atom stereocenters. The van der Waals surface area contributed by atoms with E-state index in [1.165, 1.54) is 0 Å². The van der Waals surface area contributed by atoms with Gasteiger partial charge in [0.2, 0.25) is 0 Å². The first kappa shape index (κ1) is 9.26. The van der Waals surface area contributed by atoms with Crippen LogP contribution < -0.4 is 0 Å². The third-order valence-electron chi connectivity index (χ3n) is 0.0772. The second kappa shape index (κ2) is 8.84. The van der Waals surface area contributed by atoms with Crippen LogP contribution in [-0.4, -0.2) is 28.4 Å². The monoisotopic (exact) mass is 144 g/mol. The zero-order chi connectivity index (χ0) is 3.41. The van der Waals surface area contributed by atoms with Crippen LogP contribution in [0.1, 0.15) is 0 Å². The molecule has 0 amide bonds. The van der Waals surface area contributed by atoms with Gasteiger partial charge < -0.3 is 0 Å². The van der Waals surface area contributed by atoms with E-state index in [4.69, 9.17) is 6.42 Å². The first-order valence-electron chi connectivity index (χ1n) is 0.909. The minimum absolute atomic E-state index is 0. The third-order valence-corrected chi connectivity index (χ3v) is 0.401. The maximum Gasteiger partial charge on any atom is 0.316 e. The Labute approximate surface area is 56.6 Å². The average molecular weight is 145 g/mol. The van der Waals surface area contributed by atoms with Gasteiger partial charge in [0.15, 0.2) is 0 Å². The van der Waals surface area contributed by atoms with Crippen molar-refractivity contribution < 1.29 is 0 Å². The third kappa shape index (κ3) is 11.6. The molecule has 0 fully saturated rings. The molecular formula is C3H5BrMg. The molecular weight excluding hydrogens is 140 g/mol. The predicted molar refractivity (Wildman–Crippen MR) is 31.2 cm³/mol. The van der Waals surface area contributed by atoms with Crippen LogP contribution in [0.5, 0.6) is 0 Å². The van der Waals surface area contributed by atoms with Crippen LogP contribution in [0.4, 0.5) is 0 Å². The predicted octanol–water partition coefficient (Wildman–Crippen LogP) is 0.0983. The molecule has 0 aromatic heterocycles. The lowest BCUT2D eigenvalue weighted by molar-refractivity contribution is 2.02. The van der Waals surface area contributed by atoms with Gasteiger partial charge >= 0.3 is 23.1 Å². The van der Waals surface area contributed by atoms with E-state index in [9.17, 15) is 0 Å². The molecule has 0 unspecified atom stereocenters. The number of hydrogen-bond donors (Lipinski definition) is 0. The topological polar surface area (TPSA) is 0 Å². The van der Waals surface area contributed by atoms with E-state index in [1.807, 2.05) is 0 Å². The van der Waals surface area contributed by atoms with Crippen molar-refractivity contribution in [2.75, 3.05) is 5.33 Å². The van der Waals surface area contributed by atoms with Crippen LogP contribution in [0.2, 0.25) is 0 Å². The van der Waals surface area contributed by atoms with E-state index in [2.05, 4.69) is 21.9 Å². The number of rotatable bonds is 0. The van der Waals surface area contributed by atoms with Crippen molar-refractivity contribution in [1.82, 2.24) is 0 Å². The zero-order valence-electron chi connectivity index (χ0n) is 2.16. The normalized spacial score (nSPS) is 4.00. The minimum atomic E-state index is 0. The van der Waals surface area contributed by atoms with Crippen molar-refractivity contribution in [2.24, 2.45) is 0 Å². The SMILES string of the molecule is C#CCBr.[MgH2]. The molecule has 2 heteroatoms. The Bertz CT molecular complexity index is 36.6. The summed E-state index contributed by atoms with van der Waals surface area (Å²) in [4.78, 5) is 0. The van der Waals surface area contributed by atoms with Crippen LogP contribution in [0.25, 0.3) is 0 Å².